The monoisotopic (exact) mass is 374 g/mol. The molecular weight excluding hydrogens is 359 g/mol. The molecule has 0 unspecified atom stereocenters. The molecule has 1 amide bonds. The molecule has 0 aliphatic heterocycles. The smallest absolute Gasteiger partial charge is 0.262 e. The van der Waals surface area contributed by atoms with E-state index in [0.29, 0.717) is 18.0 Å². The first-order valence-corrected chi connectivity index (χ1v) is 8.37. The highest BCUT2D eigenvalue weighted by Gasteiger charge is 2.11. The summed E-state index contributed by atoms with van der Waals surface area (Å²) in [6.07, 6.45) is 0. The topological polar surface area (TPSA) is 60.3 Å². The minimum atomic E-state index is -0.566. The van der Waals surface area contributed by atoms with E-state index in [1.807, 2.05) is 31.2 Å². The number of aryl methyl sites for hydroxylation is 1. The number of carbonyl (C=O) groups excluding carboxylic acids is 1. The minimum absolute atomic E-state index is 0.0853. The van der Waals surface area contributed by atoms with Crippen molar-refractivity contribution in [1.82, 2.24) is 4.57 Å². The Hall–Kier alpha value is -2.86. The number of benzene rings is 2. The molecule has 134 valence electrons. The Bertz CT molecular complexity index is 1030. The largest absolute Gasteiger partial charge is 0.483 e. The number of ether oxygens (including phenoxy) is 1. The number of rotatable bonds is 5. The summed E-state index contributed by atoms with van der Waals surface area (Å²) < 4.78 is 20.3. The van der Waals surface area contributed by atoms with Crippen LogP contribution in [0.3, 0.4) is 0 Å². The summed E-state index contributed by atoms with van der Waals surface area (Å²) >= 11 is 5.69. The van der Waals surface area contributed by atoms with Crippen LogP contribution in [0.2, 0.25) is 5.02 Å². The zero-order valence-corrected chi connectivity index (χ0v) is 14.7. The molecular formula is C19H16ClFN2O3. The van der Waals surface area contributed by atoms with Gasteiger partial charge >= 0.3 is 0 Å². The first kappa shape index (κ1) is 17.9. The second kappa shape index (κ2) is 7.58. The van der Waals surface area contributed by atoms with Gasteiger partial charge in [-0.1, -0.05) is 23.7 Å². The molecule has 0 radical (unpaired) electrons. The summed E-state index contributed by atoms with van der Waals surface area (Å²) in [4.78, 5) is 24.3. The van der Waals surface area contributed by atoms with Crippen molar-refractivity contribution >= 4 is 34.1 Å². The zero-order valence-electron chi connectivity index (χ0n) is 14.0. The Morgan fingerprint density at radius 1 is 1.23 bits per heavy atom. The highest BCUT2D eigenvalue weighted by atomic mass is 35.5. The van der Waals surface area contributed by atoms with Crippen LogP contribution >= 0.6 is 11.6 Å². The van der Waals surface area contributed by atoms with Crippen molar-refractivity contribution in [2.75, 3.05) is 11.9 Å². The van der Waals surface area contributed by atoms with Gasteiger partial charge in [-0.3, -0.25) is 9.59 Å². The molecule has 0 fully saturated rings. The van der Waals surface area contributed by atoms with Gasteiger partial charge in [0.15, 0.2) is 6.61 Å². The summed E-state index contributed by atoms with van der Waals surface area (Å²) in [6, 6.07) is 12.6. The zero-order chi connectivity index (χ0) is 18.7. The summed E-state index contributed by atoms with van der Waals surface area (Å²) in [6.45, 7) is 2.12. The predicted molar refractivity (Wildman–Crippen MR) is 99.4 cm³/mol. The molecule has 0 atom stereocenters. The number of amides is 1. The van der Waals surface area contributed by atoms with Crippen molar-refractivity contribution in [2.45, 2.75) is 13.5 Å². The number of para-hydroxylation sites is 1. The van der Waals surface area contributed by atoms with Crippen LogP contribution in [0.5, 0.6) is 5.75 Å². The summed E-state index contributed by atoms with van der Waals surface area (Å²) in [7, 11) is 0. The van der Waals surface area contributed by atoms with Gasteiger partial charge in [0.25, 0.3) is 11.5 Å². The normalized spacial score (nSPS) is 10.7. The van der Waals surface area contributed by atoms with Gasteiger partial charge < -0.3 is 14.6 Å². The van der Waals surface area contributed by atoms with E-state index in [1.54, 1.807) is 4.57 Å². The maximum Gasteiger partial charge on any atom is 0.262 e. The van der Waals surface area contributed by atoms with Crippen LogP contribution in [-0.4, -0.2) is 17.1 Å². The maximum atomic E-state index is 13.2. The number of nitrogens with one attached hydrogen (secondary N) is 1. The van der Waals surface area contributed by atoms with Gasteiger partial charge in [-0.25, -0.2) is 4.39 Å². The van der Waals surface area contributed by atoms with Gasteiger partial charge in [0, 0.05) is 23.7 Å². The van der Waals surface area contributed by atoms with E-state index in [4.69, 9.17) is 16.3 Å². The van der Waals surface area contributed by atoms with Crippen LogP contribution in [-0.2, 0) is 11.3 Å². The van der Waals surface area contributed by atoms with Crippen molar-refractivity contribution in [2.24, 2.45) is 0 Å². The third-order valence-electron chi connectivity index (χ3n) is 3.86. The minimum Gasteiger partial charge on any atom is -0.483 e. The molecule has 7 heteroatoms. The van der Waals surface area contributed by atoms with E-state index in [0.717, 1.165) is 17.0 Å². The molecule has 0 aliphatic carbocycles. The molecule has 2 aromatic carbocycles. The number of halogens is 2. The number of fused-ring (bicyclic) bond motifs is 1. The SMILES string of the molecule is CCn1c(=O)cc(OCC(=O)Nc2ccc(F)c(Cl)c2)c2ccccc21. The quantitative estimate of drug-likeness (QED) is 0.738. The number of hydrogen-bond donors (Lipinski definition) is 1. The van der Waals surface area contributed by atoms with Crippen molar-refractivity contribution in [3.05, 3.63) is 69.7 Å². The van der Waals surface area contributed by atoms with E-state index in [2.05, 4.69) is 5.32 Å². The second-order valence-corrected chi connectivity index (χ2v) is 5.98. The number of nitrogens with zero attached hydrogens (tertiary/aromatic N) is 1. The molecule has 26 heavy (non-hydrogen) atoms. The molecule has 3 rings (SSSR count). The van der Waals surface area contributed by atoms with Gasteiger partial charge in [0.2, 0.25) is 0 Å². The van der Waals surface area contributed by atoms with Crippen LogP contribution in [0.4, 0.5) is 10.1 Å². The standard InChI is InChI=1S/C19H16ClFN2O3/c1-2-23-16-6-4-3-5-13(16)17(10-19(23)25)26-11-18(24)22-12-7-8-15(21)14(20)9-12/h3-10H,2,11H2,1H3,(H,22,24). The molecule has 1 N–H and O–H groups in total. The number of aromatic nitrogens is 1. The van der Waals surface area contributed by atoms with Crippen LogP contribution < -0.4 is 15.6 Å². The number of pyridine rings is 1. The first-order valence-electron chi connectivity index (χ1n) is 8.00. The highest BCUT2D eigenvalue weighted by molar-refractivity contribution is 6.31. The molecule has 0 saturated heterocycles. The summed E-state index contributed by atoms with van der Waals surface area (Å²) in [5.41, 5.74) is 0.895. The molecule has 0 bridgehead atoms. The first-order chi connectivity index (χ1) is 12.5. The summed E-state index contributed by atoms with van der Waals surface area (Å²) in [5, 5.41) is 3.22. The average molecular weight is 375 g/mol. The summed E-state index contributed by atoms with van der Waals surface area (Å²) in [5.74, 6) is -0.678. The van der Waals surface area contributed by atoms with Crippen molar-refractivity contribution in [3.8, 4) is 5.75 Å². The lowest BCUT2D eigenvalue weighted by molar-refractivity contribution is -0.118. The van der Waals surface area contributed by atoms with E-state index >= 15 is 0 Å². The van der Waals surface area contributed by atoms with Gasteiger partial charge in [-0.05, 0) is 37.3 Å². The van der Waals surface area contributed by atoms with E-state index < -0.39 is 11.7 Å². The van der Waals surface area contributed by atoms with Crippen LogP contribution in [0, 0.1) is 5.82 Å². The average Bonchev–Trinajstić information content (AvgIpc) is 2.63. The van der Waals surface area contributed by atoms with E-state index in [1.165, 1.54) is 18.2 Å². The van der Waals surface area contributed by atoms with Crippen molar-refractivity contribution < 1.29 is 13.9 Å². The number of carbonyl (C=O) groups is 1. The van der Waals surface area contributed by atoms with E-state index in [-0.39, 0.29) is 17.2 Å². The van der Waals surface area contributed by atoms with Gasteiger partial charge in [0.05, 0.1) is 10.5 Å². The fourth-order valence-corrected chi connectivity index (χ4v) is 2.84. The Morgan fingerprint density at radius 2 is 2.00 bits per heavy atom. The lowest BCUT2D eigenvalue weighted by Crippen LogP contribution is -2.23. The molecule has 1 aromatic heterocycles. The number of anilines is 1. The molecule has 0 saturated carbocycles. The van der Waals surface area contributed by atoms with Gasteiger partial charge in [-0.2, -0.15) is 0 Å². The predicted octanol–water partition coefficient (Wildman–Crippen LogP) is 3.83. The lowest BCUT2D eigenvalue weighted by atomic mass is 10.2. The van der Waals surface area contributed by atoms with Crippen LogP contribution in [0.1, 0.15) is 6.92 Å². The van der Waals surface area contributed by atoms with E-state index in [9.17, 15) is 14.0 Å². The molecule has 0 spiro atoms. The van der Waals surface area contributed by atoms with Crippen molar-refractivity contribution in [3.63, 3.8) is 0 Å². The van der Waals surface area contributed by atoms with Gasteiger partial charge in [-0.15, -0.1) is 0 Å². The number of hydrogen-bond acceptors (Lipinski definition) is 3. The Labute approximate surface area is 154 Å². The molecule has 0 aliphatic rings. The highest BCUT2D eigenvalue weighted by Crippen LogP contribution is 2.24. The van der Waals surface area contributed by atoms with Crippen molar-refractivity contribution in [1.29, 1.82) is 0 Å². The Morgan fingerprint density at radius 3 is 2.73 bits per heavy atom. The fraction of sp³-hybridized carbons (Fsp3) is 0.158. The maximum absolute atomic E-state index is 13.2. The molecule has 5 nitrogen and oxygen atoms in total. The Balaban J connectivity index is 1.78. The second-order valence-electron chi connectivity index (χ2n) is 5.57. The van der Waals surface area contributed by atoms with Gasteiger partial charge in [0.1, 0.15) is 11.6 Å². The third kappa shape index (κ3) is 3.70. The molecule has 1 heterocycles. The molecule has 3 aromatic rings. The third-order valence-corrected chi connectivity index (χ3v) is 4.15. The lowest BCUT2D eigenvalue weighted by Gasteiger charge is -2.13. The Kier molecular flexibility index (Phi) is 5.23. The fourth-order valence-electron chi connectivity index (χ4n) is 2.66. The van der Waals surface area contributed by atoms with Crippen LogP contribution in [0.25, 0.3) is 10.9 Å². The van der Waals surface area contributed by atoms with Crippen LogP contribution in [0.15, 0.2) is 53.3 Å².